The Balaban J connectivity index is 1.85. The zero-order valence-corrected chi connectivity index (χ0v) is 20.0. The molecule has 0 saturated carbocycles. The number of halogens is 4. The van der Waals surface area contributed by atoms with Gasteiger partial charge in [-0.05, 0) is 41.5 Å². The standard InChI is InChI=1S/C23H18F4N4O5S/c1-31-20(32)22(30-21(31)28,14-3-6-16(7-4-14)36-37(33,34)23(25,26)27)15-5-8-19(24)18(10-15)13-9-17(35-2)12-29-11-13/h3-12H,1-2H3,(H2,28,30). The first-order valence-electron chi connectivity index (χ1n) is 10.3. The van der Waals surface area contributed by atoms with E-state index in [9.17, 15) is 30.8 Å². The summed E-state index contributed by atoms with van der Waals surface area (Å²) in [6, 6.07) is 9.57. The van der Waals surface area contributed by atoms with Gasteiger partial charge in [0.05, 0.1) is 13.3 Å². The van der Waals surface area contributed by atoms with Gasteiger partial charge in [0.15, 0.2) is 11.5 Å². The van der Waals surface area contributed by atoms with Gasteiger partial charge in [-0.15, -0.1) is 0 Å². The number of methoxy groups -OCH3 is 1. The Hall–Kier alpha value is -4.20. The Morgan fingerprint density at radius 3 is 2.22 bits per heavy atom. The third-order valence-corrected chi connectivity index (χ3v) is 6.62. The first-order chi connectivity index (χ1) is 17.3. The second-order valence-electron chi connectivity index (χ2n) is 7.86. The zero-order valence-electron chi connectivity index (χ0n) is 19.2. The van der Waals surface area contributed by atoms with Gasteiger partial charge < -0.3 is 14.7 Å². The van der Waals surface area contributed by atoms with Crippen molar-refractivity contribution in [1.82, 2.24) is 9.88 Å². The van der Waals surface area contributed by atoms with E-state index in [4.69, 9.17) is 10.5 Å². The van der Waals surface area contributed by atoms with Crippen molar-refractivity contribution >= 4 is 22.0 Å². The molecule has 1 aliphatic rings. The van der Waals surface area contributed by atoms with Crippen LogP contribution in [0.1, 0.15) is 11.1 Å². The lowest BCUT2D eigenvalue weighted by atomic mass is 9.81. The minimum Gasteiger partial charge on any atom is -0.495 e. The lowest BCUT2D eigenvalue weighted by molar-refractivity contribution is -0.129. The van der Waals surface area contributed by atoms with Gasteiger partial charge in [-0.1, -0.05) is 18.2 Å². The Morgan fingerprint density at radius 1 is 1.00 bits per heavy atom. The predicted molar refractivity (Wildman–Crippen MR) is 123 cm³/mol. The first kappa shape index (κ1) is 25.9. The molecule has 14 heteroatoms. The molecule has 1 atom stereocenters. The molecule has 0 fully saturated rings. The molecule has 37 heavy (non-hydrogen) atoms. The normalized spacial score (nSPS) is 18.1. The van der Waals surface area contributed by atoms with Crippen molar-refractivity contribution in [2.24, 2.45) is 10.7 Å². The van der Waals surface area contributed by atoms with E-state index in [0.29, 0.717) is 11.3 Å². The highest BCUT2D eigenvalue weighted by molar-refractivity contribution is 7.88. The van der Waals surface area contributed by atoms with E-state index in [1.54, 1.807) is 0 Å². The summed E-state index contributed by atoms with van der Waals surface area (Å²) in [7, 11) is -3.12. The van der Waals surface area contributed by atoms with E-state index in [2.05, 4.69) is 14.2 Å². The number of alkyl halides is 3. The number of hydrogen-bond acceptors (Lipinski definition) is 8. The summed E-state index contributed by atoms with van der Waals surface area (Å²) in [5, 5.41) is 0. The van der Waals surface area contributed by atoms with Crippen molar-refractivity contribution in [2.75, 3.05) is 14.2 Å². The Morgan fingerprint density at radius 2 is 1.65 bits per heavy atom. The number of guanidine groups is 1. The van der Waals surface area contributed by atoms with Crippen molar-refractivity contribution in [3.8, 4) is 22.6 Å². The smallest absolute Gasteiger partial charge is 0.495 e. The average Bonchev–Trinajstić information content (AvgIpc) is 3.08. The molecule has 3 aromatic rings. The highest BCUT2D eigenvalue weighted by Gasteiger charge is 2.50. The number of benzene rings is 2. The lowest BCUT2D eigenvalue weighted by Crippen LogP contribution is -2.41. The van der Waals surface area contributed by atoms with Crippen molar-refractivity contribution in [3.63, 3.8) is 0 Å². The summed E-state index contributed by atoms with van der Waals surface area (Å²) in [4.78, 5) is 22.9. The van der Waals surface area contributed by atoms with Crippen LogP contribution in [0.3, 0.4) is 0 Å². The molecular formula is C23H18F4N4O5S. The number of carbonyl (C=O) groups is 1. The molecular weight excluding hydrogens is 520 g/mol. The maximum absolute atomic E-state index is 14.9. The number of likely N-dealkylation sites (N-methyl/N-ethyl adjacent to an activating group) is 1. The van der Waals surface area contributed by atoms with Crippen molar-refractivity contribution < 1.29 is 39.7 Å². The maximum atomic E-state index is 14.9. The van der Waals surface area contributed by atoms with Crippen LogP contribution >= 0.6 is 0 Å². The number of pyridine rings is 1. The van der Waals surface area contributed by atoms with Gasteiger partial charge in [0, 0.05) is 24.4 Å². The molecule has 0 radical (unpaired) electrons. The summed E-state index contributed by atoms with van der Waals surface area (Å²) in [6.45, 7) is 0. The summed E-state index contributed by atoms with van der Waals surface area (Å²) >= 11 is 0. The predicted octanol–water partition coefficient (Wildman–Crippen LogP) is 3.16. The Labute approximate surface area is 208 Å². The zero-order chi connectivity index (χ0) is 27.2. The van der Waals surface area contributed by atoms with Gasteiger partial charge in [0.1, 0.15) is 17.3 Å². The minimum absolute atomic E-state index is 0.0654. The van der Waals surface area contributed by atoms with E-state index in [1.807, 2.05) is 0 Å². The van der Waals surface area contributed by atoms with Crippen LogP contribution < -0.4 is 14.7 Å². The first-order valence-corrected chi connectivity index (χ1v) is 11.7. The Kier molecular flexibility index (Phi) is 6.32. The maximum Gasteiger partial charge on any atom is 0.534 e. The number of carbonyl (C=O) groups excluding carboxylic acids is 1. The fourth-order valence-electron chi connectivity index (χ4n) is 3.76. The van der Waals surface area contributed by atoms with Crippen LogP contribution in [0.5, 0.6) is 11.5 Å². The molecule has 1 aliphatic heterocycles. The van der Waals surface area contributed by atoms with Crippen LogP contribution in [0, 0.1) is 5.82 Å². The third-order valence-electron chi connectivity index (χ3n) is 5.65. The van der Waals surface area contributed by atoms with Crippen molar-refractivity contribution in [3.05, 3.63) is 77.9 Å². The van der Waals surface area contributed by atoms with E-state index in [1.165, 1.54) is 56.9 Å². The van der Waals surface area contributed by atoms with Gasteiger partial charge in [0.2, 0.25) is 0 Å². The molecule has 1 aromatic heterocycles. The monoisotopic (exact) mass is 538 g/mol. The fourth-order valence-corrected chi connectivity index (χ4v) is 4.22. The average molecular weight is 538 g/mol. The summed E-state index contributed by atoms with van der Waals surface area (Å²) in [5.74, 6) is -1.72. The Bertz CT molecular complexity index is 1510. The fraction of sp³-hybridized carbons (Fsp3) is 0.174. The van der Waals surface area contributed by atoms with Crippen LogP contribution in [-0.2, 0) is 20.5 Å². The summed E-state index contributed by atoms with van der Waals surface area (Å²) in [6.07, 6.45) is 2.82. The molecule has 0 spiro atoms. The molecule has 4 rings (SSSR count). The molecule has 2 heterocycles. The number of nitrogens with zero attached hydrogens (tertiary/aromatic N) is 3. The lowest BCUT2D eigenvalue weighted by Gasteiger charge is -2.27. The van der Waals surface area contributed by atoms with E-state index in [-0.39, 0.29) is 22.6 Å². The number of nitrogens with two attached hydrogens (primary N) is 1. The number of aliphatic imine (C=N–C) groups is 1. The second-order valence-corrected chi connectivity index (χ2v) is 9.40. The number of amides is 1. The summed E-state index contributed by atoms with van der Waals surface area (Å²) in [5.41, 5.74) is -0.861. The second kappa shape index (κ2) is 9.03. The SMILES string of the molecule is COc1cncc(-c2cc(C3(c4ccc(OS(=O)(=O)C(F)(F)F)cc4)N=C(N)N(C)C3=O)ccc2F)c1. The highest BCUT2D eigenvalue weighted by Crippen LogP contribution is 2.42. The van der Waals surface area contributed by atoms with Crippen LogP contribution in [-0.4, -0.2) is 49.8 Å². The number of aromatic nitrogens is 1. The van der Waals surface area contributed by atoms with Gasteiger partial charge in [0.25, 0.3) is 5.91 Å². The molecule has 2 N–H and O–H groups in total. The third kappa shape index (κ3) is 4.43. The molecule has 0 aliphatic carbocycles. The van der Waals surface area contributed by atoms with E-state index in [0.717, 1.165) is 23.1 Å². The molecule has 9 nitrogen and oxygen atoms in total. The van der Waals surface area contributed by atoms with Crippen LogP contribution in [0.25, 0.3) is 11.1 Å². The number of hydrogen-bond donors (Lipinski definition) is 1. The van der Waals surface area contributed by atoms with Crippen LogP contribution in [0.2, 0.25) is 0 Å². The van der Waals surface area contributed by atoms with E-state index >= 15 is 0 Å². The number of ether oxygens (including phenoxy) is 1. The quantitative estimate of drug-likeness (QED) is 0.291. The molecule has 0 saturated heterocycles. The highest BCUT2D eigenvalue weighted by atomic mass is 32.2. The van der Waals surface area contributed by atoms with Gasteiger partial charge in [-0.25, -0.2) is 9.38 Å². The largest absolute Gasteiger partial charge is 0.534 e. The van der Waals surface area contributed by atoms with Crippen molar-refractivity contribution in [1.29, 1.82) is 0 Å². The van der Waals surface area contributed by atoms with Crippen LogP contribution in [0.4, 0.5) is 17.6 Å². The topological polar surface area (TPSA) is 124 Å². The minimum atomic E-state index is -5.91. The molecule has 194 valence electrons. The molecule has 1 unspecified atom stereocenters. The number of rotatable bonds is 6. The van der Waals surface area contributed by atoms with Gasteiger partial charge >= 0.3 is 15.6 Å². The van der Waals surface area contributed by atoms with Crippen LogP contribution in [0.15, 0.2) is 65.9 Å². The van der Waals surface area contributed by atoms with Gasteiger partial charge in [-0.2, -0.15) is 21.6 Å². The van der Waals surface area contributed by atoms with E-state index < -0.39 is 38.6 Å². The molecule has 1 amide bonds. The van der Waals surface area contributed by atoms with Gasteiger partial charge in [-0.3, -0.25) is 14.7 Å². The molecule has 2 aromatic carbocycles. The molecule has 0 bridgehead atoms. The van der Waals surface area contributed by atoms with Crippen molar-refractivity contribution in [2.45, 2.75) is 11.0 Å². The summed E-state index contributed by atoms with van der Waals surface area (Å²) < 4.78 is 84.9.